The van der Waals surface area contributed by atoms with E-state index in [1.54, 1.807) is 25.1 Å². The first-order valence-corrected chi connectivity index (χ1v) is 10.6. The lowest BCUT2D eigenvalue weighted by Gasteiger charge is -2.33. The van der Waals surface area contributed by atoms with Gasteiger partial charge in [0.2, 0.25) is 28.3 Å². The highest BCUT2D eigenvalue weighted by atomic mass is 32.2. The van der Waals surface area contributed by atoms with Crippen LogP contribution in [0.25, 0.3) is 21.9 Å². The lowest BCUT2D eigenvalue weighted by molar-refractivity contribution is 0.466. The molecule has 2 N–H and O–H groups in total. The van der Waals surface area contributed by atoms with Crippen LogP contribution in [-0.4, -0.2) is 41.7 Å². The molecule has 3 heterocycles. The van der Waals surface area contributed by atoms with Gasteiger partial charge in [-0.15, -0.1) is 21.5 Å². The highest BCUT2D eigenvalue weighted by molar-refractivity contribution is 7.89. The zero-order valence-corrected chi connectivity index (χ0v) is 16.6. The third-order valence-corrected chi connectivity index (χ3v) is 7.86. The minimum absolute atomic E-state index is 0.165. The number of benzene rings is 1. The molecule has 0 amide bonds. The fraction of sp³-hybridized carbons (Fsp3) is 0.235. The number of nitrogens with zero attached hydrogens (tertiary/aromatic N) is 4. The molecule has 8 nitrogen and oxygen atoms in total. The zero-order chi connectivity index (χ0) is 20.1. The average Bonchev–Trinajstić information content (AvgIpc) is 3.29. The zero-order valence-electron chi connectivity index (χ0n) is 15.0. The van der Waals surface area contributed by atoms with Crippen LogP contribution in [0, 0.1) is 5.82 Å². The Hall–Kier alpha value is -2.79. The van der Waals surface area contributed by atoms with Gasteiger partial charge in [-0.3, -0.25) is 0 Å². The van der Waals surface area contributed by atoms with E-state index < -0.39 is 21.4 Å². The number of nitrogens with two attached hydrogens (primary N) is 1. The van der Waals surface area contributed by atoms with E-state index >= 15 is 0 Å². The van der Waals surface area contributed by atoms with E-state index in [9.17, 15) is 12.8 Å². The molecule has 1 aliphatic rings. The van der Waals surface area contributed by atoms with E-state index in [0.717, 1.165) is 21.2 Å². The average molecular weight is 421 g/mol. The van der Waals surface area contributed by atoms with Crippen molar-refractivity contribution in [2.75, 3.05) is 12.8 Å². The van der Waals surface area contributed by atoms with Crippen molar-refractivity contribution in [3.05, 3.63) is 47.4 Å². The maximum atomic E-state index is 14.8. The predicted octanol–water partition coefficient (Wildman–Crippen LogP) is 2.41. The van der Waals surface area contributed by atoms with Gasteiger partial charge in [-0.05, 0) is 30.7 Å². The summed E-state index contributed by atoms with van der Waals surface area (Å²) in [6, 6.07) is 8.59. The summed E-state index contributed by atoms with van der Waals surface area (Å²) in [7, 11) is -2.36. The highest BCUT2D eigenvalue weighted by Gasteiger charge is 2.42. The third-order valence-electron chi connectivity index (χ3n) is 4.49. The Morgan fingerprint density at radius 1 is 1.32 bits per heavy atom. The lowest BCUT2D eigenvalue weighted by Crippen LogP contribution is -2.50. The van der Waals surface area contributed by atoms with Crippen LogP contribution < -0.4 is 5.73 Å². The number of hydrogen-bond donors (Lipinski definition) is 1. The van der Waals surface area contributed by atoms with Gasteiger partial charge in [-0.25, -0.2) is 22.1 Å². The predicted molar refractivity (Wildman–Crippen MR) is 104 cm³/mol. The number of thiophene rings is 1. The molecule has 0 spiro atoms. The van der Waals surface area contributed by atoms with Crippen molar-refractivity contribution in [1.29, 1.82) is 0 Å². The molecule has 11 heteroatoms. The van der Waals surface area contributed by atoms with Gasteiger partial charge in [0.1, 0.15) is 11.4 Å². The summed E-state index contributed by atoms with van der Waals surface area (Å²) in [6.07, 6.45) is 1.23. The van der Waals surface area contributed by atoms with Gasteiger partial charge < -0.3 is 10.2 Å². The van der Waals surface area contributed by atoms with Crippen LogP contribution >= 0.6 is 11.3 Å². The molecule has 1 aliphatic heterocycles. The molecule has 28 heavy (non-hydrogen) atoms. The van der Waals surface area contributed by atoms with Crippen molar-refractivity contribution in [1.82, 2.24) is 14.5 Å². The molecule has 0 radical (unpaired) electrons. The maximum absolute atomic E-state index is 14.8. The lowest BCUT2D eigenvalue weighted by atomic mass is 10.0. The second-order valence-electron chi connectivity index (χ2n) is 6.58. The Labute approximate surface area is 164 Å². The number of rotatable bonds is 3. The first kappa shape index (κ1) is 18.6. The van der Waals surface area contributed by atoms with Crippen molar-refractivity contribution in [2.45, 2.75) is 12.5 Å². The monoisotopic (exact) mass is 421 g/mol. The Kier molecular flexibility index (Phi) is 4.23. The van der Waals surface area contributed by atoms with Crippen LogP contribution in [0.15, 0.2) is 46.1 Å². The van der Waals surface area contributed by atoms with Crippen molar-refractivity contribution >= 4 is 27.3 Å². The summed E-state index contributed by atoms with van der Waals surface area (Å²) in [4.78, 5) is 5.10. The number of hydrogen-bond acceptors (Lipinski definition) is 8. The maximum Gasteiger partial charge on any atom is 0.247 e. The minimum atomic E-state index is -3.68. The van der Waals surface area contributed by atoms with Crippen LogP contribution in [0.5, 0.6) is 0 Å². The molecule has 0 unspecified atom stereocenters. The van der Waals surface area contributed by atoms with Gasteiger partial charge in [0.15, 0.2) is 0 Å². The fourth-order valence-corrected chi connectivity index (χ4v) is 5.70. The molecule has 3 aromatic rings. The molecule has 0 aliphatic carbocycles. The first-order valence-electron chi connectivity index (χ1n) is 8.18. The first-order chi connectivity index (χ1) is 13.2. The normalized spacial score (nSPS) is 21.5. The van der Waals surface area contributed by atoms with Crippen molar-refractivity contribution < 1.29 is 17.2 Å². The number of halogens is 1. The van der Waals surface area contributed by atoms with Crippen molar-refractivity contribution in [2.24, 2.45) is 10.7 Å². The number of aromatic nitrogens is 2. The molecule has 0 saturated carbocycles. The van der Waals surface area contributed by atoms with Gasteiger partial charge in [0, 0.05) is 17.5 Å². The summed E-state index contributed by atoms with van der Waals surface area (Å²) < 4.78 is 45.7. The fourth-order valence-electron chi connectivity index (χ4n) is 3.05. The standard InChI is InChI=1S/C17H16FN5O3S2/c1-17(8-28(24,25)23(2)16(19)21-17)14-12(18)7-13(27-14)10-4-3-5-11(6-10)15-22-20-9-26-15/h3-7,9H,8H2,1-2H3,(H2,19,21)/t17-/m0/s1. The molecule has 0 bridgehead atoms. The van der Waals surface area contributed by atoms with E-state index in [-0.39, 0.29) is 16.6 Å². The van der Waals surface area contributed by atoms with Gasteiger partial charge >= 0.3 is 0 Å². The Bertz CT molecular complexity index is 1170. The third kappa shape index (κ3) is 3.06. The SMILES string of the molecule is CN1C(N)=N[C@](C)(c2sc(-c3cccc(-c4nnco4)c3)cc2F)CS1(=O)=O. The second-order valence-corrected chi connectivity index (χ2v) is 9.63. The van der Waals surface area contributed by atoms with Crippen LogP contribution in [0.2, 0.25) is 0 Å². The molecule has 1 atom stereocenters. The number of aliphatic imine (C=N–C) groups is 1. The molecule has 0 fully saturated rings. The summed E-state index contributed by atoms with van der Waals surface area (Å²) in [5.41, 5.74) is 5.90. The number of sulfonamides is 1. The van der Waals surface area contributed by atoms with E-state index in [4.69, 9.17) is 10.2 Å². The smallest absolute Gasteiger partial charge is 0.247 e. The minimum Gasteiger partial charge on any atom is -0.423 e. The Morgan fingerprint density at radius 2 is 2.07 bits per heavy atom. The summed E-state index contributed by atoms with van der Waals surface area (Å²) >= 11 is 1.14. The van der Waals surface area contributed by atoms with E-state index in [1.165, 1.54) is 19.5 Å². The summed E-state index contributed by atoms with van der Waals surface area (Å²) in [5.74, 6) is -0.704. The van der Waals surface area contributed by atoms with Crippen LogP contribution in [0.1, 0.15) is 11.8 Å². The van der Waals surface area contributed by atoms with Gasteiger partial charge in [-0.2, -0.15) is 0 Å². The van der Waals surface area contributed by atoms with E-state index in [0.29, 0.717) is 16.3 Å². The van der Waals surface area contributed by atoms with E-state index in [2.05, 4.69) is 15.2 Å². The molecular formula is C17H16FN5O3S2. The topological polar surface area (TPSA) is 115 Å². The molecule has 4 rings (SSSR count). The van der Waals surface area contributed by atoms with Gasteiger partial charge in [-0.1, -0.05) is 12.1 Å². The van der Waals surface area contributed by atoms with Crippen molar-refractivity contribution in [3.8, 4) is 21.9 Å². The van der Waals surface area contributed by atoms with Gasteiger partial charge in [0.25, 0.3) is 0 Å². The van der Waals surface area contributed by atoms with Crippen LogP contribution in [0.3, 0.4) is 0 Å². The van der Waals surface area contributed by atoms with Crippen LogP contribution in [-0.2, 0) is 15.6 Å². The van der Waals surface area contributed by atoms with Crippen molar-refractivity contribution in [3.63, 3.8) is 0 Å². The molecule has 146 valence electrons. The second kappa shape index (κ2) is 6.38. The van der Waals surface area contributed by atoms with Gasteiger partial charge in [0.05, 0.1) is 10.6 Å². The Morgan fingerprint density at radius 3 is 2.75 bits per heavy atom. The quantitative estimate of drug-likeness (QED) is 0.694. The highest BCUT2D eigenvalue weighted by Crippen LogP contribution is 2.41. The molecule has 1 aromatic carbocycles. The van der Waals surface area contributed by atoms with Crippen LogP contribution in [0.4, 0.5) is 4.39 Å². The summed E-state index contributed by atoms with van der Waals surface area (Å²) in [5, 5.41) is 7.52. The Balaban J connectivity index is 1.77. The summed E-state index contributed by atoms with van der Waals surface area (Å²) in [6.45, 7) is 1.57. The molecule has 0 saturated heterocycles. The molecule has 2 aromatic heterocycles. The number of guanidine groups is 1. The largest absolute Gasteiger partial charge is 0.423 e. The van der Waals surface area contributed by atoms with E-state index in [1.807, 2.05) is 6.07 Å². The molecular weight excluding hydrogens is 405 g/mol.